The average molecular weight is 513 g/mol. The molecule has 1 saturated carbocycles. The summed E-state index contributed by atoms with van der Waals surface area (Å²) in [7, 11) is 1.74. The Hall–Kier alpha value is -2.57. The van der Waals surface area contributed by atoms with E-state index in [1.807, 2.05) is 36.9 Å². The molecule has 7 heteroatoms. The second kappa shape index (κ2) is 10.8. The third-order valence-corrected chi connectivity index (χ3v) is 8.01. The summed E-state index contributed by atoms with van der Waals surface area (Å²) in [5, 5.41) is 3.11. The highest BCUT2D eigenvalue weighted by atomic mass is 35.5. The van der Waals surface area contributed by atoms with Crippen molar-refractivity contribution in [3.05, 3.63) is 48.0 Å². The molecule has 6 nitrogen and oxygen atoms in total. The number of methoxy groups -OCH3 is 1. The van der Waals surface area contributed by atoms with Gasteiger partial charge in [-0.1, -0.05) is 24.6 Å². The molecule has 2 aliphatic heterocycles. The first kappa shape index (κ1) is 26.5. The van der Waals surface area contributed by atoms with Gasteiger partial charge >= 0.3 is 0 Å². The fourth-order valence-corrected chi connectivity index (χ4v) is 6.04. The molecule has 2 atom stereocenters. The number of likely N-dealkylation sites (tertiary alicyclic amines) is 1. The monoisotopic (exact) mass is 512 g/mol. The molecule has 2 aromatic rings. The van der Waals surface area contributed by atoms with E-state index in [0.29, 0.717) is 25.9 Å². The summed E-state index contributed by atoms with van der Waals surface area (Å²) < 4.78 is 11.3. The van der Waals surface area contributed by atoms with Crippen LogP contribution in [-0.4, -0.2) is 49.1 Å². The van der Waals surface area contributed by atoms with Gasteiger partial charge in [-0.15, -0.1) is 12.4 Å². The molecular weight excluding hydrogens is 476 g/mol. The molecule has 2 heterocycles. The minimum Gasteiger partial charge on any atom is -0.491 e. The summed E-state index contributed by atoms with van der Waals surface area (Å²) in [5.41, 5.74) is 3.57. The minimum absolute atomic E-state index is 0. The molecule has 3 aliphatic rings. The number of anilines is 1. The molecule has 0 radical (unpaired) electrons. The molecule has 1 N–H and O–H groups in total. The molecule has 2 amide bonds. The Morgan fingerprint density at radius 3 is 2.42 bits per heavy atom. The average Bonchev–Trinajstić information content (AvgIpc) is 3.14. The molecule has 5 rings (SSSR count). The number of rotatable bonds is 5. The van der Waals surface area contributed by atoms with Gasteiger partial charge in [0, 0.05) is 31.8 Å². The Bertz CT molecular complexity index is 1090. The van der Waals surface area contributed by atoms with Crippen molar-refractivity contribution in [3.8, 4) is 16.9 Å². The lowest BCUT2D eigenvalue weighted by Crippen LogP contribution is -2.50. The van der Waals surface area contributed by atoms with Gasteiger partial charge in [0.05, 0.1) is 17.6 Å². The zero-order valence-electron chi connectivity index (χ0n) is 21.4. The largest absolute Gasteiger partial charge is 0.491 e. The van der Waals surface area contributed by atoms with Crippen molar-refractivity contribution >= 4 is 29.9 Å². The maximum Gasteiger partial charge on any atom is 0.235 e. The van der Waals surface area contributed by atoms with Crippen LogP contribution in [-0.2, 0) is 19.7 Å². The molecule has 2 aromatic carbocycles. The number of benzene rings is 2. The van der Waals surface area contributed by atoms with Crippen molar-refractivity contribution in [3.63, 3.8) is 0 Å². The maximum absolute atomic E-state index is 13.2. The number of hydrogen-bond acceptors (Lipinski definition) is 4. The topological polar surface area (TPSA) is 67.9 Å². The van der Waals surface area contributed by atoms with Gasteiger partial charge in [0.15, 0.2) is 0 Å². The summed E-state index contributed by atoms with van der Waals surface area (Å²) in [4.78, 5) is 28.4. The summed E-state index contributed by atoms with van der Waals surface area (Å²) in [6, 6.07) is 14.3. The van der Waals surface area contributed by atoms with Crippen LogP contribution in [0.15, 0.2) is 42.5 Å². The molecule has 0 bridgehead atoms. The Balaban J connectivity index is 0.00000304. The van der Waals surface area contributed by atoms with E-state index in [0.717, 1.165) is 53.8 Å². The number of nitrogens with zero attached hydrogens (tertiary/aromatic N) is 1. The Kier molecular flexibility index (Phi) is 7.96. The molecule has 1 spiro atoms. The predicted octanol–water partition coefficient (Wildman–Crippen LogP) is 5.58. The van der Waals surface area contributed by atoms with Gasteiger partial charge in [0.1, 0.15) is 5.75 Å². The second-order valence-corrected chi connectivity index (χ2v) is 10.5. The number of fused-ring (bicyclic) bond motifs is 2. The van der Waals surface area contributed by atoms with Crippen molar-refractivity contribution in [1.29, 1.82) is 0 Å². The second-order valence-electron chi connectivity index (χ2n) is 10.5. The molecule has 2 fully saturated rings. The first-order valence-electron chi connectivity index (χ1n) is 12.9. The summed E-state index contributed by atoms with van der Waals surface area (Å²) >= 11 is 0. The van der Waals surface area contributed by atoms with Crippen LogP contribution in [0, 0.1) is 5.92 Å². The van der Waals surface area contributed by atoms with Gasteiger partial charge in [-0.2, -0.15) is 0 Å². The van der Waals surface area contributed by atoms with E-state index in [4.69, 9.17) is 9.47 Å². The van der Waals surface area contributed by atoms with Gasteiger partial charge in [-0.3, -0.25) is 9.59 Å². The summed E-state index contributed by atoms with van der Waals surface area (Å²) in [6.45, 7) is 5.26. The summed E-state index contributed by atoms with van der Waals surface area (Å²) in [5.74, 6) is 1.19. The lowest BCUT2D eigenvalue weighted by molar-refractivity contribution is -0.141. The van der Waals surface area contributed by atoms with Crippen molar-refractivity contribution in [2.75, 3.05) is 25.5 Å². The third-order valence-electron chi connectivity index (χ3n) is 8.01. The predicted molar refractivity (Wildman–Crippen MR) is 144 cm³/mol. The van der Waals surface area contributed by atoms with Crippen LogP contribution in [0.1, 0.15) is 57.9 Å². The van der Waals surface area contributed by atoms with E-state index in [1.165, 1.54) is 0 Å². The lowest BCUT2D eigenvalue weighted by Gasteiger charge is -2.40. The highest BCUT2D eigenvalue weighted by Crippen LogP contribution is 2.46. The first-order valence-corrected chi connectivity index (χ1v) is 12.9. The number of halogens is 1. The highest BCUT2D eigenvalue weighted by Gasteiger charge is 2.49. The van der Waals surface area contributed by atoms with E-state index in [1.54, 1.807) is 7.11 Å². The standard InChI is InChI=1S/C29H36N2O4.ClH/c1-19(2)35-23-10-7-20(8-11-23)21-9-12-26-25(18-21)29(28(33)30-26)13-15-31(16-14-29)27(32)22-5-4-6-24(17-22)34-3;/h7-12,18-19,22,24H,4-6,13-17H2,1-3H3,(H,30,33);1H. The van der Waals surface area contributed by atoms with Crippen LogP contribution in [0.3, 0.4) is 0 Å². The molecule has 1 saturated heterocycles. The number of ether oxygens (including phenoxy) is 2. The molecule has 0 aromatic heterocycles. The van der Waals surface area contributed by atoms with E-state index in [-0.39, 0.29) is 42.3 Å². The molecule has 36 heavy (non-hydrogen) atoms. The van der Waals surface area contributed by atoms with E-state index in [9.17, 15) is 9.59 Å². The third kappa shape index (κ3) is 4.98. The van der Waals surface area contributed by atoms with Gasteiger partial charge < -0.3 is 19.7 Å². The van der Waals surface area contributed by atoms with Gasteiger partial charge in [0.25, 0.3) is 0 Å². The quantitative estimate of drug-likeness (QED) is 0.568. The van der Waals surface area contributed by atoms with Crippen molar-refractivity contribution < 1.29 is 19.1 Å². The normalized spacial score (nSPS) is 22.7. The van der Waals surface area contributed by atoms with Crippen molar-refractivity contribution in [2.24, 2.45) is 5.92 Å². The van der Waals surface area contributed by atoms with Crippen molar-refractivity contribution in [2.45, 2.75) is 70.0 Å². The van der Waals surface area contributed by atoms with Crippen LogP contribution < -0.4 is 10.1 Å². The zero-order chi connectivity index (χ0) is 24.6. The maximum atomic E-state index is 13.2. The Morgan fingerprint density at radius 2 is 1.75 bits per heavy atom. The number of carbonyl (C=O) groups excluding carboxylic acids is 2. The zero-order valence-corrected chi connectivity index (χ0v) is 22.2. The van der Waals surface area contributed by atoms with E-state index in [2.05, 4.69) is 29.6 Å². The number of hydrogen-bond donors (Lipinski definition) is 1. The van der Waals surface area contributed by atoms with Gasteiger partial charge in [-0.05, 0) is 86.9 Å². The van der Waals surface area contributed by atoms with Crippen LogP contribution in [0.25, 0.3) is 11.1 Å². The molecular formula is C29H37ClN2O4. The lowest BCUT2D eigenvalue weighted by atomic mass is 9.73. The number of carbonyl (C=O) groups is 2. The Labute approximate surface area is 220 Å². The number of amides is 2. The molecule has 2 unspecified atom stereocenters. The molecule has 194 valence electrons. The SMILES string of the molecule is COC1CCCC(C(=O)N2CCC3(CC2)C(=O)Nc2ccc(-c4ccc(OC(C)C)cc4)cc23)C1.Cl. The minimum atomic E-state index is -0.565. The highest BCUT2D eigenvalue weighted by molar-refractivity contribution is 6.07. The summed E-state index contributed by atoms with van der Waals surface area (Å²) in [6.07, 6.45) is 5.45. The number of piperidine rings is 1. The Morgan fingerprint density at radius 1 is 1.06 bits per heavy atom. The molecule has 1 aliphatic carbocycles. The van der Waals surface area contributed by atoms with Crippen LogP contribution >= 0.6 is 12.4 Å². The fourth-order valence-electron chi connectivity index (χ4n) is 6.04. The van der Waals surface area contributed by atoms with Gasteiger partial charge in [0.2, 0.25) is 11.8 Å². The van der Waals surface area contributed by atoms with Crippen LogP contribution in [0.4, 0.5) is 5.69 Å². The number of nitrogens with one attached hydrogen (secondary N) is 1. The smallest absolute Gasteiger partial charge is 0.235 e. The van der Waals surface area contributed by atoms with Crippen LogP contribution in [0.5, 0.6) is 5.75 Å². The van der Waals surface area contributed by atoms with Crippen molar-refractivity contribution in [1.82, 2.24) is 4.90 Å². The van der Waals surface area contributed by atoms with E-state index >= 15 is 0 Å². The fraction of sp³-hybridized carbons (Fsp3) is 0.517. The van der Waals surface area contributed by atoms with Crippen LogP contribution in [0.2, 0.25) is 0 Å². The van der Waals surface area contributed by atoms with E-state index < -0.39 is 5.41 Å². The first-order chi connectivity index (χ1) is 16.9. The van der Waals surface area contributed by atoms with Gasteiger partial charge in [-0.25, -0.2) is 0 Å².